The van der Waals surface area contributed by atoms with Crippen molar-refractivity contribution in [1.29, 1.82) is 0 Å². The predicted octanol–water partition coefficient (Wildman–Crippen LogP) is 12.1. The van der Waals surface area contributed by atoms with Gasteiger partial charge in [-0.2, -0.15) is 4.58 Å². The maximum absolute atomic E-state index is 2.41. The highest BCUT2D eigenvalue weighted by Gasteiger charge is 2.43. The van der Waals surface area contributed by atoms with Gasteiger partial charge < -0.3 is 4.90 Å². The quantitative estimate of drug-likeness (QED) is 0.187. The molecular formula is C48H51N2+. The fourth-order valence-corrected chi connectivity index (χ4v) is 8.54. The van der Waals surface area contributed by atoms with Crippen molar-refractivity contribution in [3.8, 4) is 22.3 Å². The Morgan fingerprint density at radius 3 is 1.88 bits per heavy atom. The van der Waals surface area contributed by atoms with Crippen LogP contribution in [0.4, 0.5) is 11.4 Å². The molecule has 0 bridgehead atoms. The average Bonchev–Trinajstić information content (AvgIpc) is 3.41. The average molecular weight is 656 g/mol. The number of anilines is 1. The molecule has 7 rings (SSSR count). The molecular weight excluding hydrogens is 605 g/mol. The lowest BCUT2D eigenvalue weighted by Crippen LogP contribution is -2.26. The van der Waals surface area contributed by atoms with Gasteiger partial charge in [0, 0.05) is 41.6 Å². The summed E-state index contributed by atoms with van der Waals surface area (Å²) < 4.78 is 2.36. The van der Waals surface area contributed by atoms with Gasteiger partial charge in [0.2, 0.25) is 5.69 Å². The Labute approximate surface area is 300 Å². The minimum atomic E-state index is -0.0864. The summed E-state index contributed by atoms with van der Waals surface area (Å²) >= 11 is 0. The van der Waals surface area contributed by atoms with E-state index in [1.54, 1.807) is 0 Å². The maximum Gasteiger partial charge on any atom is 0.209 e. The maximum atomic E-state index is 2.41. The first-order valence-electron chi connectivity index (χ1n) is 18.1. The van der Waals surface area contributed by atoms with Gasteiger partial charge in [0.05, 0.1) is 5.41 Å². The lowest BCUT2D eigenvalue weighted by atomic mass is 9.75. The van der Waals surface area contributed by atoms with Crippen LogP contribution in [0.3, 0.4) is 0 Å². The molecule has 0 N–H and O–H groups in total. The molecule has 2 aliphatic heterocycles. The van der Waals surface area contributed by atoms with Gasteiger partial charge in [0.25, 0.3) is 0 Å². The largest absolute Gasteiger partial charge is 0.347 e. The monoisotopic (exact) mass is 655 g/mol. The van der Waals surface area contributed by atoms with E-state index < -0.39 is 0 Å². The summed E-state index contributed by atoms with van der Waals surface area (Å²) in [7, 11) is 4.40. The fourth-order valence-electron chi connectivity index (χ4n) is 8.54. The molecule has 0 fully saturated rings. The molecule has 4 aromatic rings. The van der Waals surface area contributed by atoms with Crippen LogP contribution in [0.5, 0.6) is 0 Å². The van der Waals surface area contributed by atoms with Crippen LogP contribution < -0.4 is 4.90 Å². The molecule has 0 amide bonds. The van der Waals surface area contributed by atoms with E-state index in [1.807, 2.05) is 0 Å². The molecule has 0 radical (unpaired) electrons. The molecule has 0 spiro atoms. The number of hydrogen-bond acceptors (Lipinski definition) is 1. The molecule has 2 heterocycles. The SMILES string of the molecule is CN1/C(=C/C=C/C2=CC(=C/C=C/C3=[N+](C)c4ccc(-c5ccccc5)cc4C3(C)C)/CC(C)(C)C2)C(C)(C)c2cc(-c3ccccc3)ccc21. The first kappa shape index (κ1) is 33.5. The van der Waals surface area contributed by atoms with E-state index in [4.69, 9.17) is 0 Å². The van der Waals surface area contributed by atoms with Crippen LogP contribution in [-0.4, -0.2) is 24.4 Å². The molecule has 0 unspecified atom stereocenters. The second-order valence-electron chi connectivity index (χ2n) is 16.2. The van der Waals surface area contributed by atoms with Crippen LogP contribution in [0, 0.1) is 5.41 Å². The summed E-state index contributed by atoms with van der Waals surface area (Å²) in [6.07, 6.45) is 18.4. The van der Waals surface area contributed by atoms with Crippen molar-refractivity contribution in [1.82, 2.24) is 0 Å². The molecule has 2 heteroatoms. The highest BCUT2D eigenvalue weighted by Crippen LogP contribution is 2.48. The number of rotatable bonds is 6. The summed E-state index contributed by atoms with van der Waals surface area (Å²) in [6, 6.07) is 35.2. The molecule has 3 aliphatic rings. The van der Waals surface area contributed by atoms with E-state index in [0.29, 0.717) is 0 Å². The van der Waals surface area contributed by atoms with Gasteiger partial charge in [-0.25, -0.2) is 0 Å². The zero-order valence-electron chi connectivity index (χ0n) is 31.1. The van der Waals surface area contributed by atoms with Crippen molar-refractivity contribution in [3.05, 3.63) is 168 Å². The summed E-state index contributed by atoms with van der Waals surface area (Å²) in [5.74, 6) is 0. The summed E-state index contributed by atoms with van der Waals surface area (Å²) in [5.41, 5.74) is 15.8. The molecule has 0 saturated heterocycles. The van der Waals surface area contributed by atoms with Crippen molar-refractivity contribution < 1.29 is 4.58 Å². The van der Waals surface area contributed by atoms with Crippen molar-refractivity contribution in [3.63, 3.8) is 0 Å². The topological polar surface area (TPSA) is 6.25 Å². The first-order valence-corrected chi connectivity index (χ1v) is 18.1. The van der Waals surface area contributed by atoms with Crippen LogP contribution >= 0.6 is 0 Å². The number of benzene rings is 4. The van der Waals surface area contributed by atoms with Gasteiger partial charge in [0.15, 0.2) is 5.71 Å². The van der Waals surface area contributed by atoms with E-state index in [-0.39, 0.29) is 16.2 Å². The molecule has 50 heavy (non-hydrogen) atoms. The highest BCUT2D eigenvalue weighted by molar-refractivity contribution is 6.03. The number of hydrogen-bond donors (Lipinski definition) is 0. The molecule has 0 atom stereocenters. The zero-order chi connectivity index (χ0) is 35.3. The third-order valence-electron chi connectivity index (χ3n) is 11.1. The van der Waals surface area contributed by atoms with E-state index in [0.717, 1.165) is 12.8 Å². The normalized spacial score (nSPS) is 20.6. The zero-order valence-corrected chi connectivity index (χ0v) is 31.1. The lowest BCUT2D eigenvalue weighted by Gasteiger charge is -2.30. The predicted molar refractivity (Wildman–Crippen MR) is 215 cm³/mol. The second-order valence-corrected chi connectivity index (χ2v) is 16.2. The molecule has 4 aromatic carbocycles. The third kappa shape index (κ3) is 6.17. The fraction of sp³-hybridized carbons (Fsp3) is 0.271. The van der Waals surface area contributed by atoms with Crippen molar-refractivity contribution in [2.45, 2.75) is 65.2 Å². The number of allylic oxidation sites excluding steroid dienone is 10. The van der Waals surface area contributed by atoms with Crippen molar-refractivity contribution in [2.24, 2.45) is 5.41 Å². The summed E-state index contributed by atoms with van der Waals surface area (Å²) in [5, 5.41) is 0. The number of likely N-dealkylation sites (N-methyl/N-ethyl adjacent to an activating group) is 1. The Balaban J connectivity index is 1.11. The Morgan fingerprint density at radius 1 is 0.620 bits per heavy atom. The van der Waals surface area contributed by atoms with Gasteiger partial charge >= 0.3 is 0 Å². The molecule has 1 aliphatic carbocycles. The van der Waals surface area contributed by atoms with E-state index >= 15 is 0 Å². The third-order valence-corrected chi connectivity index (χ3v) is 11.1. The van der Waals surface area contributed by atoms with Gasteiger partial charge in [-0.15, -0.1) is 0 Å². The van der Waals surface area contributed by atoms with Gasteiger partial charge in [0.1, 0.15) is 7.05 Å². The molecule has 0 saturated carbocycles. The van der Waals surface area contributed by atoms with Crippen LogP contribution in [0.15, 0.2) is 156 Å². The van der Waals surface area contributed by atoms with E-state index in [1.165, 1.54) is 67.3 Å². The minimum Gasteiger partial charge on any atom is -0.347 e. The Morgan fingerprint density at radius 2 is 1.22 bits per heavy atom. The highest BCUT2D eigenvalue weighted by atomic mass is 15.2. The van der Waals surface area contributed by atoms with E-state index in [2.05, 4.69) is 205 Å². The Kier molecular flexibility index (Phi) is 8.55. The van der Waals surface area contributed by atoms with E-state index in [9.17, 15) is 0 Å². The van der Waals surface area contributed by atoms with Gasteiger partial charge in [-0.3, -0.25) is 0 Å². The summed E-state index contributed by atoms with van der Waals surface area (Å²) in [4.78, 5) is 2.36. The first-order chi connectivity index (χ1) is 23.8. The molecule has 2 nitrogen and oxygen atoms in total. The van der Waals surface area contributed by atoms with Crippen LogP contribution in [0.25, 0.3) is 22.3 Å². The van der Waals surface area contributed by atoms with Gasteiger partial charge in [-0.1, -0.05) is 125 Å². The molecule has 0 aromatic heterocycles. The van der Waals surface area contributed by atoms with Crippen LogP contribution in [0.2, 0.25) is 0 Å². The van der Waals surface area contributed by atoms with Crippen molar-refractivity contribution in [2.75, 3.05) is 19.0 Å². The molecule has 252 valence electrons. The van der Waals surface area contributed by atoms with Crippen LogP contribution in [-0.2, 0) is 10.8 Å². The second kappa shape index (κ2) is 12.7. The van der Waals surface area contributed by atoms with Crippen molar-refractivity contribution >= 4 is 17.1 Å². The smallest absolute Gasteiger partial charge is 0.209 e. The lowest BCUT2D eigenvalue weighted by molar-refractivity contribution is -0.401. The Bertz CT molecular complexity index is 2130. The minimum absolute atomic E-state index is 0.0864. The summed E-state index contributed by atoms with van der Waals surface area (Å²) in [6.45, 7) is 14.2. The Hall–Kier alpha value is -4.95. The number of fused-ring (bicyclic) bond motifs is 2. The van der Waals surface area contributed by atoms with Crippen LogP contribution in [0.1, 0.15) is 65.5 Å². The van der Waals surface area contributed by atoms with Gasteiger partial charge in [-0.05, 0) is 101 Å². The standard InChI is InChI=1S/C48H51N2/c1-46(2)32-34(17-15-23-44-47(3,4)40-30-38(25-27-42(40)49(44)7)36-19-11-9-12-20-36)29-35(33-46)18-16-24-45-48(5,6)41-31-39(26-28-43(41)50(45)8)37-21-13-10-14-22-37/h9-31H,32-33H2,1-8H3/q+1. The number of nitrogens with zero attached hydrogens (tertiary/aromatic N) is 2.